The summed E-state index contributed by atoms with van der Waals surface area (Å²) in [4.78, 5) is 21.7. The highest BCUT2D eigenvalue weighted by molar-refractivity contribution is 5.88. The highest BCUT2D eigenvalue weighted by Gasteiger charge is 2.08. The van der Waals surface area contributed by atoms with Gasteiger partial charge in [0.25, 0.3) is 0 Å². The van der Waals surface area contributed by atoms with Crippen molar-refractivity contribution in [3.05, 3.63) is 42.3 Å². The van der Waals surface area contributed by atoms with Crippen LogP contribution in [0.25, 0.3) is 0 Å². The Morgan fingerprint density at radius 3 is 2.09 bits per heavy atom. The van der Waals surface area contributed by atoms with Gasteiger partial charge >= 0.3 is 5.97 Å². The molecule has 1 rings (SSSR count). The summed E-state index contributed by atoms with van der Waals surface area (Å²) in [6.45, 7) is 8.56. The summed E-state index contributed by atoms with van der Waals surface area (Å²) in [6.07, 6.45) is 9.37. The van der Waals surface area contributed by atoms with E-state index >= 15 is 0 Å². The van der Waals surface area contributed by atoms with Gasteiger partial charge in [0.2, 0.25) is 0 Å². The summed E-state index contributed by atoms with van der Waals surface area (Å²) < 4.78 is 0. The number of rotatable bonds is 12. The summed E-state index contributed by atoms with van der Waals surface area (Å²) in [7, 11) is 0. The molecule has 0 aliphatic rings. The molecule has 0 spiro atoms. The molecule has 1 aromatic carbocycles. The van der Waals surface area contributed by atoms with Crippen molar-refractivity contribution in [1.29, 1.82) is 0 Å². The first-order valence-electron chi connectivity index (χ1n) is 8.88. The van der Waals surface area contributed by atoms with Crippen LogP contribution < -0.4 is 0 Å². The van der Waals surface area contributed by atoms with Crippen molar-refractivity contribution >= 4 is 5.97 Å². The zero-order chi connectivity index (χ0) is 16.9. The van der Waals surface area contributed by atoms with Gasteiger partial charge in [-0.1, -0.05) is 77.8 Å². The Bertz CT molecular complexity index is 423. The van der Waals surface area contributed by atoms with Crippen LogP contribution in [0, 0.1) is 6.92 Å². The highest BCUT2D eigenvalue weighted by atomic mass is 17.2. The van der Waals surface area contributed by atoms with E-state index < -0.39 is 5.97 Å². The molecule has 0 N–H and O–H groups in total. The molecular formula is C20H31O3. The van der Waals surface area contributed by atoms with E-state index in [0.29, 0.717) is 18.1 Å². The molecule has 0 aliphatic heterocycles. The zero-order valence-electron chi connectivity index (χ0n) is 14.7. The summed E-state index contributed by atoms with van der Waals surface area (Å²) in [5.41, 5.74) is 1.73. The van der Waals surface area contributed by atoms with Gasteiger partial charge in [0.05, 0.1) is 12.2 Å². The van der Waals surface area contributed by atoms with Crippen LogP contribution in [0.2, 0.25) is 0 Å². The molecule has 0 fully saturated rings. The van der Waals surface area contributed by atoms with E-state index in [1.807, 2.05) is 12.1 Å². The second-order valence-electron chi connectivity index (χ2n) is 6.30. The van der Waals surface area contributed by atoms with Gasteiger partial charge < -0.3 is 0 Å². The van der Waals surface area contributed by atoms with Gasteiger partial charge in [-0.15, -0.1) is 0 Å². The van der Waals surface area contributed by atoms with Crippen LogP contribution in [-0.2, 0) is 9.78 Å². The smallest absolute Gasteiger partial charge is 0.293 e. The van der Waals surface area contributed by atoms with Crippen molar-refractivity contribution in [2.24, 2.45) is 0 Å². The molecule has 0 bridgehead atoms. The van der Waals surface area contributed by atoms with Crippen molar-refractivity contribution in [3.8, 4) is 0 Å². The molecule has 0 unspecified atom stereocenters. The van der Waals surface area contributed by atoms with Crippen LogP contribution >= 0.6 is 0 Å². The molecule has 0 atom stereocenters. The lowest BCUT2D eigenvalue weighted by Gasteiger charge is -2.07. The number of unbranched alkanes of at least 4 members (excludes halogenated alkanes) is 7. The predicted octanol–water partition coefficient (Wildman–Crippen LogP) is 5.85. The lowest BCUT2D eigenvalue weighted by Crippen LogP contribution is -2.07. The van der Waals surface area contributed by atoms with Crippen LogP contribution in [0.1, 0.15) is 87.1 Å². The fourth-order valence-corrected chi connectivity index (χ4v) is 2.37. The van der Waals surface area contributed by atoms with Crippen molar-refractivity contribution in [2.75, 3.05) is 6.61 Å². The molecule has 0 saturated heterocycles. The molecule has 1 aromatic rings. The van der Waals surface area contributed by atoms with Crippen LogP contribution in [0.4, 0.5) is 0 Å². The molecule has 0 amide bonds. The molecule has 3 nitrogen and oxygen atoms in total. The van der Waals surface area contributed by atoms with Crippen molar-refractivity contribution in [1.82, 2.24) is 0 Å². The number of carbonyl (C=O) groups excluding carboxylic acids is 1. The number of hydrogen-bond donors (Lipinski definition) is 0. The third-order valence-electron chi connectivity index (χ3n) is 3.93. The number of benzene rings is 1. The van der Waals surface area contributed by atoms with Crippen molar-refractivity contribution in [2.45, 2.75) is 71.1 Å². The Labute approximate surface area is 141 Å². The minimum Gasteiger partial charge on any atom is -0.293 e. The van der Waals surface area contributed by atoms with E-state index in [1.165, 1.54) is 37.7 Å². The van der Waals surface area contributed by atoms with Crippen LogP contribution in [0.5, 0.6) is 0 Å². The first-order valence-corrected chi connectivity index (χ1v) is 8.88. The van der Waals surface area contributed by atoms with Gasteiger partial charge in [0.15, 0.2) is 0 Å². The third-order valence-corrected chi connectivity index (χ3v) is 3.93. The molecule has 1 radical (unpaired) electrons. The highest BCUT2D eigenvalue weighted by Crippen LogP contribution is 2.15. The average Bonchev–Trinajstić information content (AvgIpc) is 2.56. The van der Waals surface area contributed by atoms with Crippen LogP contribution in [0.15, 0.2) is 24.3 Å². The molecule has 23 heavy (non-hydrogen) atoms. The minimum atomic E-state index is -0.423. The van der Waals surface area contributed by atoms with Crippen molar-refractivity contribution < 1.29 is 14.6 Å². The average molecular weight is 319 g/mol. The molecular weight excluding hydrogens is 288 g/mol. The van der Waals surface area contributed by atoms with Gasteiger partial charge in [-0.2, -0.15) is 4.89 Å². The normalized spacial score (nSPS) is 11.0. The first kappa shape index (κ1) is 19.7. The van der Waals surface area contributed by atoms with Crippen LogP contribution in [-0.4, -0.2) is 12.6 Å². The topological polar surface area (TPSA) is 35.5 Å². The van der Waals surface area contributed by atoms with E-state index in [-0.39, 0.29) is 0 Å². The third kappa shape index (κ3) is 8.75. The Morgan fingerprint density at radius 1 is 0.957 bits per heavy atom. The summed E-state index contributed by atoms with van der Waals surface area (Å²) in [5.74, 6) is 0.0310. The second-order valence-corrected chi connectivity index (χ2v) is 6.30. The van der Waals surface area contributed by atoms with Crippen molar-refractivity contribution in [3.63, 3.8) is 0 Å². The SMILES string of the molecule is [CH2]CCCCCCCCCOOC(=O)c1ccc(C(C)C)cc1. The lowest BCUT2D eigenvalue weighted by atomic mass is 10.0. The fourth-order valence-electron chi connectivity index (χ4n) is 2.37. The first-order chi connectivity index (χ1) is 11.1. The van der Waals surface area contributed by atoms with Crippen LogP contribution in [0.3, 0.4) is 0 Å². The maximum absolute atomic E-state index is 11.8. The van der Waals surface area contributed by atoms with Gasteiger partial charge in [-0.3, -0.25) is 4.89 Å². The minimum absolute atomic E-state index is 0.423. The van der Waals surface area contributed by atoms with E-state index in [0.717, 1.165) is 19.3 Å². The molecule has 0 aromatic heterocycles. The molecule has 0 aliphatic carbocycles. The summed E-state index contributed by atoms with van der Waals surface area (Å²) >= 11 is 0. The number of hydrogen-bond acceptors (Lipinski definition) is 3. The zero-order valence-corrected chi connectivity index (χ0v) is 14.7. The monoisotopic (exact) mass is 319 g/mol. The van der Waals surface area contributed by atoms with Gasteiger partial charge in [-0.05, 0) is 30.0 Å². The molecule has 0 heterocycles. The van der Waals surface area contributed by atoms with E-state index in [1.54, 1.807) is 12.1 Å². The van der Waals surface area contributed by atoms with Gasteiger partial charge in [-0.25, -0.2) is 4.79 Å². The number of carbonyl (C=O) groups is 1. The Hall–Kier alpha value is -1.35. The Balaban J connectivity index is 2.06. The summed E-state index contributed by atoms with van der Waals surface area (Å²) in [5, 5.41) is 0. The molecule has 0 saturated carbocycles. The lowest BCUT2D eigenvalue weighted by molar-refractivity contribution is -0.241. The standard InChI is InChI=1S/C20H31O3/c1-4-5-6-7-8-9-10-11-16-22-23-20(21)19-14-12-18(13-15-19)17(2)3/h12-15,17H,1,4-11,16H2,2-3H3. The second kappa shape index (κ2) is 12.1. The van der Waals surface area contributed by atoms with E-state index in [9.17, 15) is 4.79 Å². The quantitative estimate of drug-likeness (QED) is 0.275. The van der Waals surface area contributed by atoms with Gasteiger partial charge in [0, 0.05) is 0 Å². The predicted molar refractivity (Wildman–Crippen MR) is 94.2 cm³/mol. The fraction of sp³-hybridized carbons (Fsp3) is 0.600. The molecule has 3 heteroatoms. The Kier molecular flexibility index (Phi) is 10.4. The maximum Gasteiger partial charge on any atom is 0.373 e. The van der Waals surface area contributed by atoms with Gasteiger partial charge in [0.1, 0.15) is 0 Å². The largest absolute Gasteiger partial charge is 0.373 e. The van der Waals surface area contributed by atoms with E-state index in [4.69, 9.17) is 9.78 Å². The maximum atomic E-state index is 11.8. The molecule has 129 valence electrons. The Morgan fingerprint density at radius 2 is 1.52 bits per heavy atom. The van der Waals surface area contributed by atoms with E-state index in [2.05, 4.69) is 20.8 Å². The summed E-state index contributed by atoms with van der Waals surface area (Å²) in [6, 6.07) is 7.48.